The van der Waals surface area contributed by atoms with E-state index < -0.39 is 7.60 Å². The van der Waals surface area contributed by atoms with E-state index in [1.165, 1.54) is 12.0 Å². The lowest BCUT2D eigenvalue weighted by Crippen LogP contribution is -1.85. The Morgan fingerprint density at radius 2 is 2.10 bits per heavy atom. The molecule has 0 saturated carbocycles. The van der Waals surface area contributed by atoms with E-state index in [0.717, 1.165) is 0 Å². The van der Waals surface area contributed by atoms with Crippen LogP contribution in [0.2, 0.25) is 0 Å². The highest BCUT2D eigenvalue weighted by molar-refractivity contribution is 7.51. The fourth-order valence-corrected chi connectivity index (χ4v) is 1.05. The molecule has 10 heavy (non-hydrogen) atoms. The molecule has 0 aliphatic heterocycles. The first-order valence-electron chi connectivity index (χ1n) is 2.80. The van der Waals surface area contributed by atoms with Crippen molar-refractivity contribution in [1.29, 1.82) is 0 Å². The van der Waals surface area contributed by atoms with Gasteiger partial charge in [-0.25, -0.2) is 4.79 Å². The van der Waals surface area contributed by atoms with Crippen molar-refractivity contribution in [3.63, 3.8) is 0 Å². The lowest BCUT2D eigenvalue weighted by Gasteiger charge is -1.99. The van der Waals surface area contributed by atoms with E-state index in [4.69, 9.17) is 9.79 Å². The molecule has 58 valence electrons. The molecule has 0 spiro atoms. The number of unbranched alkanes of at least 4 members (excludes halogenated alkanes) is 1. The first-order chi connectivity index (χ1) is 4.56. The van der Waals surface area contributed by atoms with Gasteiger partial charge < -0.3 is 9.79 Å². The average molecular weight is 164 g/mol. The fourth-order valence-electron chi connectivity index (χ4n) is 0.458. The van der Waals surface area contributed by atoms with Crippen LogP contribution in [0.15, 0.2) is 6.08 Å². The number of carbonyl (C=O) groups excluding carboxylic acids is 1. The molecule has 0 fully saturated rings. The number of hydrogen-bond acceptors (Lipinski definition) is 2. The van der Waals surface area contributed by atoms with Crippen LogP contribution in [0.5, 0.6) is 0 Å². The molecule has 0 aliphatic rings. The minimum atomic E-state index is -3.86. The van der Waals surface area contributed by atoms with Crippen molar-refractivity contribution in [3.8, 4) is 0 Å². The van der Waals surface area contributed by atoms with Gasteiger partial charge in [0.1, 0.15) is 5.94 Å². The summed E-state index contributed by atoms with van der Waals surface area (Å²) in [4.78, 5) is 26.2. The molecule has 2 N–H and O–H groups in total. The molecule has 0 heterocycles. The Labute approximate surface area is 58.7 Å². The van der Waals surface area contributed by atoms with Gasteiger partial charge in [-0.05, 0) is 18.9 Å². The summed E-state index contributed by atoms with van der Waals surface area (Å²) < 4.78 is 10.2. The van der Waals surface area contributed by atoms with Crippen LogP contribution in [0, 0.1) is 0 Å². The number of rotatable bonds is 4. The molecule has 0 saturated heterocycles. The van der Waals surface area contributed by atoms with Gasteiger partial charge in [-0.15, -0.1) is 0 Å². The molecule has 0 atom stereocenters. The topological polar surface area (TPSA) is 74.6 Å². The van der Waals surface area contributed by atoms with E-state index in [-0.39, 0.29) is 6.16 Å². The molecule has 0 rings (SSSR count). The molecule has 0 aromatic heterocycles. The molecular formula is C5H9O4P. The molecule has 0 radical (unpaired) electrons. The van der Waals surface area contributed by atoms with Crippen LogP contribution in [0.4, 0.5) is 0 Å². The summed E-state index contributed by atoms with van der Waals surface area (Å²) in [6, 6.07) is 0. The Hall–Kier alpha value is -0.400. The lowest BCUT2D eigenvalue weighted by molar-refractivity contribution is 0.372. The maximum absolute atomic E-state index is 10.2. The largest absolute Gasteiger partial charge is 0.325 e. The lowest BCUT2D eigenvalue weighted by atomic mass is 10.3. The summed E-state index contributed by atoms with van der Waals surface area (Å²) in [5, 5.41) is 0. The quantitative estimate of drug-likeness (QED) is 0.356. The van der Waals surface area contributed by atoms with E-state index in [0.29, 0.717) is 12.8 Å². The Kier molecular flexibility index (Phi) is 4.24. The zero-order valence-corrected chi connectivity index (χ0v) is 6.25. The summed E-state index contributed by atoms with van der Waals surface area (Å²) in [6.45, 7) is 0. The van der Waals surface area contributed by atoms with Crippen LogP contribution in [-0.2, 0) is 9.36 Å². The van der Waals surface area contributed by atoms with Crippen LogP contribution >= 0.6 is 7.60 Å². The van der Waals surface area contributed by atoms with Crippen LogP contribution in [0.1, 0.15) is 12.8 Å². The summed E-state index contributed by atoms with van der Waals surface area (Å²) >= 11 is 0. The van der Waals surface area contributed by atoms with E-state index >= 15 is 0 Å². The van der Waals surface area contributed by atoms with Crippen molar-refractivity contribution < 1.29 is 19.1 Å². The predicted molar refractivity (Wildman–Crippen MR) is 36.4 cm³/mol. The van der Waals surface area contributed by atoms with Crippen LogP contribution in [-0.4, -0.2) is 21.9 Å². The van der Waals surface area contributed by atoms with E-state index in [2.05, 4.69) is 0 Å². The first kappa shape index (κ1) is 9.60. The minimum Gasteiger partial charge on any atom is -0.324 e. The van der Waals surface area contributed by atoms with Crippen molar-refractivity contribution in [3.05, 3.63) is 6.08 Å². The van der Waals surface area contributed by atoms with Crippen molar-refractivity contribution in [2.45, 2.75) is 12.8 Å². The molecule has 0 aromatic rings. The van der Waals surface area contributed by atoms with E-state index in [1.807, 2.05) is 0 Å². The van der Waals surface area contributed by atoms with Crippen LogP contribution in [0.3, 0.4) is 0 Å². The minimum absolute atomic E-state index is 0.162. The van der Waals surface area contributed by atoms with Gasteiger partial charge in [0, 0.05) is 0 Å². The van der Waals surface area contributed by atoms with E-state index in [1.54, 1.807) is 0 Å². The van der Waals surface area contributed by atoms with Gasteiger partial charge >= 0.3 is 7.60 Å². The van der Waals surface area contributed by atoms with Gasteiger partial charge in [-0.1, -0.05) is 0 Å². The maximum atomic E-state index is 10.2. The Balaban J connectivity index is 3.38. The van der Waals surface area contributed by atoms with Crippen molar-refractivity contribution in [2.24, 2.45) is 0 Å². The van der Waals surface area contributed by atoms with Crippen molar-refractivity contribution in [1.82, 2.24) is 0 Å². The molecule has 0 unspecified atom stereocenters. The average Bonchev–Trinajstić information content (AvgIpc) is 1.78. The highest BCUT2D eigenvalue weighted by Gasteiger charge is 2.10. The number of hydrogen-bond donors (Lipinski definition) is 2. The third-order valence-electron chi connectivity index (χ3n) is 0.881. The summed E-state index contributed by atoms with van der Waals surface area (Å²) in [5.41, 5.74) is 0. The molecule has 0 aromatic carbocycles. The monoisotopic (exact) mass is 164 g/mol. The third kappa shape index (κ3) is 7.60. The van der Waals surface area contributed by atoms with Crippen molar-refractivity contribution in [2.75, 3.05) is 6.16 Å². The Bertz CT molecular complexity index is 176. The van der Waals surface area contributed by atoms with Crippen LogP contribution in [0.25, 0.3) is 0 Å². The third-order valence-corrected chi connectivity index (χ3v) is 1.78. The van der Waals surface area contributed by atoms with Gasteiger partial charge in [-0.3, -0.25) is 4.57 Å². The van der Waals surface area contributed by atoms with Gasteiger partial charge in [-0.2, -0.15) is 0 Å². The van der Waals surface area contributed by atoms with Crippen LogP contribution < -0.4 is 0 Å². The summed E-state index contributed by atoms with van der Waals surface area (Å²) in [7, 11) is -3.86. The second kappa shape index (κ2) is 4.42. The SMILES string of the molecule is O=C=CCCCP(=O)(O)O. The zero-order valence-electron chi connectivity index (χ0n) is 5.36. The predicted octanol–water partition coefficient (Wildman–Crippen LogP) is 0.332. The van der Waals surface area contributed by atoms with Gasteiger partial charge in [0.05, 0.1) is 6.16 Å². The normalized spacial score (nSPS) is 10.6. The molecule has 0 aliphatic carbocycles. The van der Waals surface area contributed by atoms with Gasteiger partial charge in [0.2, 0.25) is 0 Å². The highest BCUT2D eigenvalue weighted by Crippen LogP contribution is 2.35. The molecule has 0 amide bonds. The summed E-state index contributed by atoms with van der Waals surface area (Å²) in [6.07, 6.45) is 1.77. The standard InChI is InChI=1S/C5H9O4P/c6-4-2-1-3-5-10(7,8)9/h2H,1,3,5H2,(H2,7,8,9). The second-order valence-electron chi connectivity index (χ2n) is 1.85. The molecule has 0 bridgehead atoms. The smallest absolute Gasteiger partial charge is 0.324 e. The van der Waals surface area contributed by atoms with Gasteiger partial charge in [0.25, 0.3) is 0 Å². The fraction of sp³-hybridized carbons (Fsp3) is 0.600. The van der Waals surface area contributed by atoms with Gasteiger partial charge in [0.15, 0.2) is 0 Å². The summed E-state index contributed by atoms with van der Waals surface area (Å²) in [5.74, 6) is 1.53. The number of allylic oxidation sites excluding steroid dienone is 1. The maximum Gasteiger partial charge on any atom is 0.325 e. The van der Waals surface area contributed by atoms with E-state index in [9.17, 15) is 9.36 Å². The highest BCUT2D eigenvalue weighted by atomic mass is 31.2. The molecular weight excluding hydrogens is 155 g/mol. The first-order valence-corrected chi connectivity index (χ1v) is 4.60. The zero-order chi connectivity index (χ0) is 8.04. The Morgan fingerprint density at radius 3 is 2.50 bits per heavy atom. The molecule has 4 nitrogen and oxygen atoms in total. The second-order valence-corrected chi connectivity index (χ2v) is 3.63. The molecule has 5 heteroatoms. The Morgan fingerprint density at radius 1 is 1.50 bits per heavy atom. The van der Waals surface area contributed by atoms with Crippen molar-refractivity contribution >= 4 is 13.5 Å².